The first-order valence-electron chi connectivity index (χ1n) is 24.4. The molecule has 2 unspecified atom stereocenters. The van der Waals surface area contributed by atoms with Crippen molar-refractivity contribution in [3.05, 3.63) is 108 Å². The number of amides is 2. The summed E-state index contributed by atoms with van der Waals surface area (Å²) in [5.74, 6) is 0.271. The second-order valence-electron chi connectivity index (χ2n) is 18.3. The SMILES string of the molecule is CCOC(=O)c1sc(NC(=O)c2cc3c(s2)CCC(C)C3)nc1C.Cc1cc(C)n(-c2nc(SCC(=O)O)c3c4c(sc3n2)CCCC4)n1.Cc1cccc(-c2nc3cc(NC(=O)C4CCCO4)ccc3o2)c1.[HH]. The van der Waals surface area contributed by atoms with Crippen LogP contribution in [-0.4, -0.2) is 83.6 Å². The lowest BCUT2D eigenvalue weighted by Gasteiger charge is -2.16. The Balaban J connectivity index is 0.000000147. The molecule has 0 radical (unpaired) electrons. The Morgan fingerprint density at radius 3 is 2.49 bits per heavy atom. The molecule has 2 atom stereocenters. The van der Waals surface area contributed by atoms with Crippen molar-refractivity contribution in [2.45, 2.75) is 110 Å². The van der Waals surface area contributed by atoms with Crippen LogP contribution in [0.4, 0.5) is 10.8 Å². The number of thiophene rings is 2. The number of thioether (sulfide) groups is 1. The van der Waals surface area contributed by atoms with Crippen LogP contribution >= 0.6 is 45.8 Å². The zero-order valence-electron chi connectivity index (χ0n) is 41.5. The normalized spacial score (nSPS) is 15.9. The predicted molar refractivity (Wildman–Crippen MR) is 289 cm³/mol. The maximum atomic E-state index is 12.5. The molecule has 11 rings (SSSR count). The molecule has 382 valence electrons. The van der Waals surface area contributed by atoms with Gasteiger partial charge in [-0.05, 0) is 152 Å². The van der Waals surface area contributed by atoms with Gasteiger partial charge in [0.05, 0.1) is 28.6 Å². The molecule has 73 heavy (non-hydrogen) atoms. The number of carbonyl (C=O) groups excluding carboxylic acids is 3. The van der Waals surface area contributed by atoms with Gasteiger partial charge in [-0.15, -0.1) is 22.7 Å². The number of anilines is 2. The average Bonchev–Trinajstić information content (AvgIpc) is 4.24. The number of carboxylic acids is 1. The highest BCUT2D eigenvalue weighted by Crippen LogP contribution is 2.40. The smallest absolute Gasteiger partial charge is 0.350 e. The van der Waals surface area contributed by atoms with Gasteiger partial charge in [0.2, 0.25) is 5.89 Å². The quantitative estimate of drug-likeness (QED) is 0.0625. The summed E-state index contributed by atoms with van der Waals surface area (Å²) in [7, 11) is 0. The van der Waals surface area contributed by atoms with Gasteiger partial charge < -0.3 is 24.3 Å². The summed E-state index contributed by atoms with van der Waals surface area (Å²) in [6.07, 6.45) is 9.11. The number of aromatic nitrogens is 6. The molecule has 2 aliphatic carbocycles. The standard InChI is InChI=1S/C19H18N2O3.C17H18N4O2S2.C17H20N2O3S2.H2/c1-12-4-2-5-13(10-12)19-21-15-11-14(7-8-16(15)24-19)20-18(22)17-6-3-9-23-17;1-9-7-10(2)21(20-9)17-18-15(24-8-13(22)23)14-11-5-3-4-6-12(11)25-16(14)19-17;1-4-22-16(21)14-10(3)18-17(24-14)19-15(20)13-8-11-7-9(2)5-6-12(11)23-13;/h2,4-5,7-8,10-11,17H,3,6,9H2,1H3,(H,20,22);7H,3-6,8H2,1-2H3,(H,22,23);8-9H,4-7H2,1-3H3,(H,18,19,20);1H. The molecule has 8 aromatic rings. The summed E-state index contributed by atoms with van der Waals surface area (Å²) >= 11 is 5.70. The number of carboxylic acid groups (broad SMARTS) is 1. The third-order valence-corrected chi connectivity index (χ3v) is 16.9. The molecule has 0 bridgehead atoms. The number of ether oxygens (including phenoxy) is 2. The monoisotopic (exact) mass is 1060 g/mol. The van der Waals surface area contributed by atoms with E-state index in [9.17, 15) is 19.2 Å². The number of thiazole rings is 1. The lowest BCUT2D eigenvalue weighted by atomic mass is 9.90. The first-order chi connectivity index (χ1) is 35.2. The van der Waals surface area contributed by atoms with Gasteiger partial charge in [-0.25, -0.2) is 24.4 Å². The van der Waals surface area contributed by atoms with Gasteiger partial charge in [0, 0.05) is 40.1 Å². The van der Waals surface area contributed by atoms with Crippen molar-refractivity contribution in [2.75, 3.05) is 29.6 Å². The number of esters is 1. The van der Waals surface area contributed by atoms with Crippen molar-refractivity contribution in [3.63, 3.8) is 0 Å². The Labute approximate surface area is 439 Å². The fourth-order valence-electron chi connectivity index (χ4n) is 9.00. The zero-order valence-corrected chi connectivity index (χ0v) is 44.7. The summed E-state index contributed by atoms with van der Waals surface area (Å²) in [4.78, 5) is 70.6. The Bertz CT molecular complexity index is 3350. The van der Waals surface area contributed by atoms with Crippen LogP contribution in [0.5, 0.6) is 0 Å². The van der Waals surface area contributed by atoms with E-state index in [2.05, 4.69) is 32.6 Å². The number of nitrogens with zero attached hydrogens (tertiary/aromatic N) is 6. The number of nitrogens with one attached hydrogen (secondary N) is 2. The van der Waals surface area contributed by atoms with Crippen LogP contribution in [-0.2, 0) is 44.7 Å². The molecule has 1 aliphatic heterocycles. The summed E-state index contributed by atoms with van der Waals surface area (Å²) in [5.41, 5.74) is 9.28. The highest BCUT2D eigenvalue weighted by molar-refractivity contribution is 8.00. The van der Waals surface area contributed by atoms with Crippen LogP contribution in [0.1, 0.15) is 110 Å². The Hall–Kier alpha value is -6.32. The number of rotatable bonds is 11. The van der Waals surface area contributed by atoms with Crippen molar-refractivity contribution >= 4 is 102 Å². The molecule has 7 heterocycles. The Kier molecular flexibility index (Phi) is 16.1. The van der Waals surface area contributed by atoms with Gasteiger partial charge in [0.1, 0.15) is 26.4 Å². The molecule has 16 nitrogen and oxygen atoms in total. The van der Waals surface area contributed by atoms with E-state index in [1.807, 2.05) is 75.4 Å². The Morgan fingerprint density at radius 2 is 1.74 bits per heavy atom. The molecular weight excluding hydrogens is 1000 g/mol. The summed E-state index contributed by atoms with van der Waals surface area (Å²) < 4.78 is 18.0. The number of aryl methyl sites for hydroxylation is 7. The van der Waals surface area contributed by atoms with Gasteiger partial charge in [0.25, 0.3) is 17.8 Å². The fraction of sp³-hybridized carbons (Fsp3) is 0.377. The summed E-state index contributed by atoms with van der Waals surface area (Å²) in [5, 5.41) is 21.5. The van der Waals surface area contributed by atoms with Crippen molar-refractivity contribution < 1.29 is 39.6 Å². The number of hydrogen-bond donors (Lipinski definition) is 3. The third-order valence-electron chi connectivity index (χ3n) is 12.5. The lowest BCUT2D eigenvalue weighted by molar-refractivity contribution is -0.134. The van der Waals surface area contributed by atoms with Crippen molar-refractivity contribution in [1.29, 1.82) is 0 Å². The van der Waals surface area contributed by atoms with E-state index < -0.39 is 11.9 Å². The number of oxazole rings is 1. The number of carbonyl (C=O) groups is 4. The molecule has 0 spiro atoms. The van der Waals surface area contributed by atoms with Gasteiger partial charge in [-0.1, -0.05) is 47.7 Å². The zero-order chi connectivity index (χ0) is 51.3. The van der Waals surface area contributed by atoms with Crippen LogP contribution < -0.4 is 10.6 Å². The highest BCUT2D eigenvalue weighted by atomic mass is 32.2. The van der Waals surface area contributed by atoms with Crippen LogP contribution in [0.3, 0.4) is 0 Å². The maximum absolute atomic E-state index is 12.5. The largest absolute Gasteiger partial charge is 0.481 e. The first kappa shape index (κ1) is 51.6. The van der Waals surface area contributed by atoms with Crippen molar-refractivity contribution in [1.82, 2.24) is 29.7 Å². The van der Waals surface area contributed by atoms with Crippen LogP contribution in [0.2, 0.25) is 0 Å². The molecular formula is C53H58N8O8S4. The predicted octanol–water partition coefficient (Wildman–Crippen LogP) is 11.8. The van der Waals surface area contributed by atoms with Gasteiger partial charge in [0.15, 0.2) is 10.7 Å². The minimum atomic E-state index is -0.839. The second kappa shape index (κ2) is 22.8. The fourth-order valence-corrected chi connectivity index (χ4v) is 13.1. The molecule has 3 aliphatic rings. The van der Waals surface area contributed by atoms with E-state index in [1.165, 1.54) is 51.9 Å². The van der Waals surface area contributed by atoms with E-state index in [4.69, 9.17) is 29.0 Å². The van der Waals surface area contributed by atoms with E-state index >= 15 is 0 Å². The van der Waals surface area contributed by atoms with Crippen LogP contribution in [0, 0.1) is 33.6 Å². The first-order valence-corrected chi connectivity index (χ1v) is 27.8. The van der Waals surface area contributed by atoms with E-state index in [-0.39, 0.29) is 25.1 Å². The van der Waals surface area contributed by atoms with Crippen LogP contribution in [0.15, 0.2) is 64.0 Å². The van der Waals surface area contributed by atoms with Gasteiger partial charge in [-0.3, -0.25) is 19.7 Å². The van der Waals surface area contributed by atoms with Gasteiger partial charge in [-0.2, -0.15) is 10.1 Å². The average molecular weight is 1060 g/mol. The summed E-state index contributed by atoms with van der Waals surface area (Å²) in [6.45, 7) is 12.7. The number of fused-ring (bicyclic) bond motifs is 5. The Morgan fingerprint density at radius 1 is 0.904 bits per heavy atom. The third kappa shape index (κ3) is 12.2. The molecule has 0 saturated carbocycles. The molecule has 2 aromatic carbocycles. The maximum Gasteiger partial charge on any atom is 0.350 e. The molecule has 6 aromatic heterocycles. The minimum absolute atomic E-state index is 0. The molecule has 3 N–H and O–H groups in total. The minimum Gasteiger partial charge on any atom is -0.481 e. The van der Waals surface area contributed by atoms with Crippen molar-refractivity contribution in [3.8, 4) is 17.4 Å². The molecule has 20 heteroatoms. The van der Waals surface area contributed by atoms with Gasteiger partial charge >= 0.3 is 11.9 Å². The van der Waals surface area contributed by atoms with E-state index in [1.54, 1.807) is 41.2 Å². The van der Waals surface area contributed by atoms with Crippen LogP contribution in [0.25, 0.3) is 38.7 Å². The molecule has 1 saturated heterocycles. The number of aliphatic carboxylic acids is 1. The lowest BCUT2D eigenvalue weighted by Crippen LogP contribution is -2.26. The van der Waals surface area contributed by atoms with E-state index in [0.29, 0.717) is 62.8 Å². The number of benzene rings is 2. The molecule has 2 amide bonds. The topological polar surface area (TPSA) is 214 Å². The van der Waals surface area contributed by atoms with E-state index in [0.717, 1.165) is 93.1 Å². The van der Waals surface area contributed by atoms with Crippen molar-refractivity contribution in [2.24, 2.45) is 5.92 Å². The molecule has 1 fully saturated rings. The summed E-state index contributed by atoms with van der Waals surface area (Å²) in [6, 6.07) is 17.5. The number of hydrogen-bond acceptors (Lipinski definition) is 16. The second-order valence-corrected chi connectivity index (χ2v) is 22.5. The highest BCUT2D eigenvalue weighted by Gasteiger charge is 2.26.